The van der Waals surface area contributed by atoms with E-state index in [-0.39, 0.29) is 0 Å². The third-order valence-electron chi connectivity index (χ3n) is 3.70. The molecule has 1 atom stereocenters. The molecule has 0 saturated carbocycles. The van der Waals surface area contributed by atoms with Gasteiger partial charge in [-0.3, -0.25) is 0 Å². The monoisotopic (exact) mass is 365 g/mol. The van der Waals surface area contributed by atoms with Gasteiger partial charge in [-0.2, -0.15) is 0 Å². The molecular formula is C18H24BrNS. The van der Waals surface area contributed by atoms with Crippen LogP contribution in [0.3, 0.4) is 0 Å². The van der Waals surface area contributed by atoms with Crippen molar-refractivity contribution in [3.63, 3.8) is 0 Å². The molecule has 0 amide bonds. The van der Waals surface area contributed by atoms with Crippen molar-refractivity contribution in [1.82, 2.24) is 5.32 Å². The van der Waals surface area contributed by atoms with Crippen LogP contribution in [0, 0.1) is 19.8 Å². The van der Waals surface area contributed by atoms with E-state index in [2.05, 4.69) is 80.1 Å². The molecule has 0 saturated heterocycles. The number of nitrogens with one attached hydrogen (secondary N) is 1. The van der Waals surface area contributed by atoms with Crippen LogP contribution < -0.4 is 5.32 Å². The van der Waals surface area contributed by atoms with Crippen LogP contribution in [0.1, 0.15) is 42.8 Å². The van der Waals surface area contributed by atoms with E-state index >= 15 is 0 Å². The second-order valence-electron chi connectivity index (χ2n) is 5.92. The normalized spacial score (nSPS) is 12.9. The number of rotatable bonds is 5. The van der Waals surface area contributed by atoms with Crippen molar-refractivity contribution in [2.24, 2.45) is 5.92 Å². The lowest BCUT2D eigenvalue weighted by Crippen LogP contribution is -2.24. The molecule has 114 valence electrons. The zero-order chi connectivity index (χ0) is 15.6. The second kappa shape index (κ2) is 7.08. The largest absolute Gasteiger partial charge is 0.309 e. The molecule has 0 aliphatic heterocycles. The summed E-state index contributed by atoms with van der Waals surface area (Å²) in [6.45, 7) is 12.1. The molecule has 0 radical (unpaired) electrons. The Hall–Kier alpha value is -0.640. The Labute approximate surface area is 140 Å². The lowest BCUT2D eigenvalue weighted by Gasteiger charge is -2.20. The smallest absolute Gasteiger partial charge is 0.0438 e. The van der Waals surface area contributed by atoms with Crippen LogP contribution >= 0.6 is 27.3 Å². The molecule has 0 bridgehead atoms. The van der Waals surface area contributed by atoms with Crippen LogP contribution in [0.25, 0.3) is 10.4 Å². The van der Waals surface area contributed by atoms with Crippen LogP contribution in [0.2, 0.25) is 0 Å². The molecule has 1 N–H and O–H groups in total. The van der Waals surface area contributed by atoms with Crippen LogP contribution in [-0.2, 0) is 0 Å². The summed E-state index contributed by atoms with van der Waals surface area (Å²) >= 11 is 5.64. The van der Waals surface area contributed by atoms with Gasteiger partial charge in [-0.15, -0.1) is 11.3 Å². The third kappa shape index (κ3) is 3.77. The number of hydrogen-bond donors (Lipinski definition) is 1. The van der Waals surface area contributed by atoms with Gasteiger partial charge >= 0.3 is 0 Å². The minimum atomic E-state index is 0.443. The van der Waals surface area contributed by atoms with Gasteiger partial charge in [0.1, 0.15) is 0 Å². The van der Waals surface area contributed by atoms with Crippen molar-refractivity contribution in [1.29, 1.82) is 0 Å². The average Bonchev–Trinajstić information content (AvgIpc) is 2.83. The Morgan fingerprint density at radius 1 is 1.19 bits per heavy atom. The molecule has 0 spiro atoms. The van der Waals surface area contributed by atoms with E-state index in [1.807, 2.05) is 11.3 Å². The summed E-state index contributed by atoms with van der Waals surface area (Å²) in [5.41, 5.74) is 3.96. The zero-order valence-corrected chi connectivity index (χ0v) is 15.9. The Bertz CT molecular complexity index is 592. The molecule has 3 heteroatoms. The first kappa shape index (κ1) is 16.7. The molecule has 2 rings (SSSR count). The Balaban J connectivity index is 2.40. The van der Waals surface area contributed by atoms with Gasteiger partial charge in [0.2, 0.25) is 0 Å². The molecule has 0 fully saturated rings. The van der Waals surface area contributed by atoms with Gasteiger partial charge in [0.25, 0.3) is 0 Å². The van der Waals surface area contributed by atoms with E-state index in [0.29, 0.717) is 12.0 Å². The van der Waals surface area contributed by atoms with E-state index < -0.39 is 0 Å². The Morgan fingerprint density at radius 3 is 2.48 bits per heavy atom. The quantitative estimate of drug-likeness (QED) is 0.674. The highest BCUT2D eigenvalue weighted by Crippen LogP contribution is 2.39. The average molecular weight is 366 g/mol. The molecule has 1 heterocycles. The maximum atomic E-state index is 3.73. The van der Waals surface area contributed by atoms with Gasteiger partial charge < -0.3 is 5.32 Å². The summed E-state index contributed by atoms with van der Waals surface area (Å²) in [7, 11) is 0. The van der Waals surface area contributed by atoms with Crippen molar-refractivity contribution in [3.05, 3.63) is 44.7 Å². The van der Waals surface area contributed by atoms with E-state index in [0.717, 1.165) is 6.54 Å². The lowest BCUT2D eigenvalue weighted by atomic mass is 10.0. The molecule has 1 aromatic heterocycles. The first-order chi connectivity index (χ1) is 9.93. The Morgan fingerprint density at radius 2 is 1.90 bits per heavy atom. The summed E-state index contributed by atoms with van der Waals surface area (Å²) < 4.78 is 1.19. The van der Waals surface area contributed by atoms with Crippen molar-refractivity contribution in [2.75, 3.05) is 6.54 Å². The maximum Gasteiger partial charge on any atom is 0.0438 e. The number of aryl methyl sites for hydroxylation is 2. The molecule has 1 aromatic carbocycles. The fourth-order valence-corrected chi connectivity index (χ4v) is 5.17. The van der Waals surface area contributed by atoms with E-state index in [4.69, 9.17) is 0 Å². The number of thiophene rings is 1. The van der Waals surface area contributed by atoms with Gasteiger partial charge in [-0.1, -0.05) is 42.8 Å². The molecule has 1 unspecified atom stereocenters. The summed E-state index contributed by atoms with van der Waals surface area (Å²) in [5, 5.41) is 3.60. The van der Waals surface area contributed by atoms with E-state index in [9.17, 15) is 0 Å². The van der Waals surface area contributed by atoms with Gasteiger partial charge in [0.05, 0.1) is 0 Å². The predicted molar refractivity (Wildman–Crippen MR) is 98.2 cm³/mol. The van der Waals surface area contributed by atoms with Crippen molar-refractivity contribution in [2.45, 2.75) is 40.7 Å². The lowest BCUT2D eigenvalue weighted by molar-refractivity contribution is 0.428. The third-order valence-corrected chi connectivity index (χ3v) is 5.51. The minimum Gasteiger partial charge on any atom is -0.309 e. The van der Waals surface area contributed by atoms with Crippen LogP contribution in [0.15, 0.2) is 28.7 Å². The fraction of sp³-hybridized carbons (Fsp3) is 0.444. The van der Waals surface area contributed by atoms with Crippen LogP contribution in [0.5, 0.6) is 0 Å². The Kier molecular flexibility index (Phi) is 5.64. The molecule has 0 aliphatic rings. The summed E-state index contributed by atoms with van der Waals surface area (Å²) in [6.07, 6.45) is 0. The van der Waals surface area contributed by atoms with Crippen molar-refractivity contribution < 1.29 is 0 Å². The number of halogens is 1. The molecular weight excluding hydrogens is 342 g/mol. The SMILES string of the molecule is CCNC(c1ccc(-c2c(C)cc(C)cc2Br)s1)C(C)C. The summed E-state index contributed by atoms with van der Waals surface area (Å²) in [6, 6.07) is 9.43. The molecule has 0 aliphatic carbocycles. The molecule has 1 nitrogen and oxygen atoms in total. The maximum absolute atomic E-state index is 3.73. The number of hydrogen-bond acceptors (Lipinski definition) is 2. The van der Waals surface area contributed by atoms with E-state index in [1.54, 1.807) is 0 Å². The highest BCUT2D eigenvalue weighted by Gasteiger charge is 2.18. The highest BCUT2D eigenvalue weighted by molar-refractivity contribution is 9.10. The first-order valence-corrected chi connectivity index (χ1v) is 9.15. The van der Waals surface area contributed by atoms with Gasteiger partial charge in [0, 0.05) is 25.8 Å². The standard InChI is InChI=1S/C18H24BrNS/c1-6-20-18(11(2)3)16-8-7-15(21-16)17-13(5)9-12(4)10-14(17)19/h7-11,18,20H,6H2,1-5H3. The highest BCUT2D eigenvalue weighted by atomic mass is 79.9. The van der Waals surface area contributed by atoms with Gasteiger partial charge in [-0.25, -0.2) is 0 Å². The number of benzene rings is 1. The fourth-order valence-electron chi connectivity index (χ4n) is 2.77. The van der Waals surface area contributed by atoms with Crippen LogP contribution in [0.4, 0.5) is 0 Å². The second-order valence-corrected chi connectivity index (χ2v) is 7.89. The van der Waals surface area contributed by atoms with Crippen LogP contribution in [-0.4, -0.2) is 6.54 Å². The minimum absolute atomic E-state index is 0.443. The molecule has 21 heavy (non-hydrogen) atoms. The zero-order valence-electron chi connectivity index (χ0n) is 13.5. The predicted octanol–water partition coefficient (Wildman–Crippen LogP) is 6.10. The van der Waals surface area contributed by atoms with Gasteiger partial charge in [-0.05, 0) is 55.6 Å². The van der Waals surface area contributed by atoms with Crippen molar-refractivity contribution >= 4 is 27.3 Å². The summed E-state index contributed by atoms with van der Waals surface area (Å²) in [5.74, 6) is 0.596. The topological polar surface area (TPSA) is 12.0 Å². The van der Waals surface area contributed by atoms with Gasteiger partial charge in [0.15, 0.2) is 0 Å². The first-order valence-electron chi connectivity index (χ1n) is 7.54. The van der Waals surface area contributed by atoms with Crippen molar-refractivity contribution in [3.8, 4) is 10.4 Å². The molecule has 2 aromatic rings. The van der Waals surface area contributed by atoms with E-state index in [1.165, 1.54) is 30.9 Å². The summed E-state index contributed by atoms with van der Waals surface area (Å²) in [4.78, 5) is 2.77.